The van der Waals surface area contributed by atoms with Crippen LogP contribution in [-0.2, 0) is 4.74 Å². The van der Waals surface area contributed by atoms with Gasteiger partial charge in [-0.05, 0) is 44.1 Å². The van der Waals surface area contributed by atoms with Gasteiger partial charge < -0.3 is 14.7 Å². The van der Waals surface area contributed by atoms with E-state index in [1.165, 1.54) is 11.8 Å². The number of hydrogen-bond acceptors (Lipinski definition) is 5. The number of aliphatic hydroxyl groups is 1. The minimum atomic E-state index is -0.438. The van der Waals surface area contributed by atoms with Crippen LogP contribution in [0.1, 0.15) is 36.0 Å². The van der Waals surface area contributed by atoms with E-state index in [-0.39, 0.29) is 5.91 Å². The third kappa shape index (κ3) is 2.87. The van der Waals surface area contributed by atoms with Gasteiger partial charge in [-0.25, -0.2) is 4.98 Å². The molecule has 1 N–H and O–H groups in total. The number of hydrogen-bond donors (Lipinski definition) is 1. The molecule has 0 aromatic carbocycles. The molecule has 2 aliphatic heterocycles. The quantitative estimate of drug-likeness (QED) is 0.843. The number of pyridine rings is 1. The molecule has 0 unspecified atom stereocenters. The first kappa shape index (κ1) is 15.8. The van der Waals surface area contributed by atoms with Gasteiger partial charge in [0.05, 0.1) is 17.3 Å². The van der Waals surface area contributed by atoms with Crippen LogP contribution in [0, 0.1) is 0 Å². The number of amides is 1. The summed E-state index contributed by atoms with van der Waals surface area (Å²) < 4.78 is 5.89. The van der Waals surface area contributed by atoms with Crippen LogP contribution in [0.4, 0.5) is 0 Å². The Bertz CT molecular complexity index is 544. The van der Waals surface area contributed by atoms with Crippen LogP contribution in [0.3, 0.4) is 0 Å². The molecule has 1 amide bonds. The predicted molar refractivity (Wildman–Crippen MR) is 85.1 cm³/mol. The minimum absolute atomic E-state index is 0.0256. The zero-order chi connectivity index (χ0) is 15.6. The lowest BCUT2D eigenvalue weighted by molar-refractivity contribution is -0.174. The van der Waals surface area contributed by atoms with Crippen molar-refractivity contribution in [3.8, 4) is 0 Å². The van der Waals surface area contributed by atoms with Gasteiger partial charge >= 0.3 is 0 Å². The van der Waals surface area contributed by atoms with Gasteiger partial charge in [-0.1, -0.05) is 0 Å². The molecule has 22 heavy (non-hydrogen) atoms. The third-order valence-electron chi connectivity index (χ3n) is 4.71. The first-order chi connectivity index (χ1) is 10.7. The molecular formula is C16H22N2O3S. The number of ether oxygens (including phenoxy) is 1. The molecule has 3 heterocycles. The highest BCUT2D eigenvalue weighted by Gasteiger charge is 2.44. The zero-order valence-corrected chi connectivity index (χ0v) is 13.6. The molecule has 2 fully saturated rings. The van der Waals surface area contributed by atoms with E-state index in [0.29, 0.717) is 38.1 Å². The van der Waals surface area contributed by atoms with Gasteiger partial charge in [-0.3, -0.25) is 4.79 Å². The zero-order valence-electron chi connectivity index (χ0n) is 12.8. The minimum Gasteiger partial charge on any atom is -0.390 e. The van der Waals surface area contributed by atoms with Crippen LogP contribution in [0.15, 0.2) is 23.4 Å². The smallest absolute Gasteiger partial charge is 0.256 e. The fourth-order valence-electron chi connectivity index (χ4n) is 3.36. The highest BCUT2D eigenvalue weighted by Crippen LogP contribution is 2.35. The molecule has 1 aromatic rings. The number of rotatable bonds is 2. The number of nitrogens with zero attached hydrogens (tertiary/aromatic N) is 2. The van der Waals surface area contributed by atoms with Crippen molar-refractivity contribution in [2.75, 3.05) is 26.0 Å². The molecule has 6 heteroatoms. The molecule has 0 aliphatic carbocycles. The highest BCUT2D eigenvalue weighted by molar-refractivity contribution is 7.98. The van der Waals surface area contributed by atoms with Gasteiger partial charge in [0.1, 0.15) is 5.03 Å². The van der Waals surface area contributed by atoms with Crippen molar-refractivity contribution >= 4 is 17.7 Å². The van der Waals surface area contributed by atoms with Crippen molar-refractivity contribution in [1.82, 2.24) is 9.88 Å². The standard InChI is InChI=1S/C16H22N2O3S/c1-22-14-12(4-2-8-17-14)15(20)18-9-6-16(7-10-18)13(19)5-3-11-21-16/h2,4,8,13,19H,3,5-7,9-11H2,1H3/t13-/m1/s1. The van der Waals surface area contributed by atoms with E-state index < -0.39 is 11.7 Å². The summed E-state index contributed by atoms with van der Waals surface area (Å²) in [6.45, 7) is 1.96. The van der Waals surface area contributed by atoms with Gasteiger partial charge in [0, 0.05) is 25.9 Å². The largest absolute Gasteiger partial charge is 0.390 e. The van der Waals surface area contributed by atoms with E-state index in [2.05, 4.69) is 4.98 Å². The van der Waals surface area contributed by atoms with Gasteiger partial charge in [0.25, 0.3) is 5.91 Å². The molecule has 3 rings (SSSR count). The molecule has 1 atom stereocenters. The average Bonchev–Trinajstić information content (AvgIpc) is 2.58. The van der Waals surface area contributed by atoms with E-state index >= 15 is 0 Å². The molecule has 0 bridgehead atoms. The maximum atomic E-state index is 12.7. The lowest BCUT2D eigenvalue weighted by Crippen LogP contribution is -2.56. The number of likely N-dealkylation sites (tertiary alicyclic amines) is 1. The predicted octanol–water partition coefficient (Wildman–Crippen LogP) is 1.95. The lowest BCUT2D eigenvalue weighted by atomic mass is 9.82. The molecule has 5 nitrogen and oxygen atoms in total. The van der Waals surface area contributed by atoms with Crippen LogP contribution in [-0.4, -0.2) is 58.6 Å². The Hall–Kier alpha value is -1.11. The second-order valence-corrected chi connectivity index (χ2v) is 6.72. The summed E-state index contributed by atoms with van der Waals surface area (Å²) in [5.41, 5.74) is 0.225. The number of aliphatic hydroxyl groups excluding tert-OH is 1. The van der Waals surface area contributed by atoms with Gasteiger partial charge in [0.2, 0.25) is 0 Å². The van der Waals surface area contributed by atoms with E-state index in [1.54, 1.807) is 12.3 Å². The van der Waals surface area contributed by atoms with Crippen LogP contribution in [0.25, 0.3) is 0 Å². The Morgan fingerprint density at radius 3 is 2.95 bits per heavy atom. The molecule has 0 radical (unpaired) electrons. The Balaban J connectivity index is 1.69. The van der Waals surface area contributed by atoms with E-state index in [9.17, 15) is 9.90 Å². The van der Waals surface area contributed by atoms with Gasteiger partial charge in [0.15, 0.2) is 0 Å². The molecule has 2 saturated heterocycles. The molecule has 0 saturated carbocycles. The third-order valence-corrected chi connectivity index (χ3v) is 5.42. The van der Waals surface area contributed by atoms with E-state index in [0.717, 1.165) is 17.9 Å². The fraction of sp³-hybridized carbons (Fsp3) is 0.625. The van der Waals surface area contributed by atoms with Crippen LogP contribution >= 0.6 is 11.8 Å². The topological polar surface area (TPSA) is 62.7 Å². The van der Waals surface area contributed by atoms with Crippen LogP contribution in [0.2, 0.25) is 0 Å². The van der Waals surface area contributed by atoms with Crippen molar-refractivity contribution < 1.29 is 14.6 Å². The second-order valence-electron chi connectivity index (χ2n) is 5.92. The Morgan fingerprint density at radius 2 is 2.27 bits per heavy atom. The summed E-state index contributed by atoms with van der Waals surface area (Å²) in [6.07, 6.45) is 6.35. The average molecular weight is 322 g/mol. The summed E-state index contributed by atoms with van der Waals surface area (Å²) in [5, 5.41) is 11.0. The normalized spacial score (nSPS) is 24.5. The molecule has 120 valence electrons. The van der Waals surface area contributed by atoms with Crippen molar-refractivity contribution in [1.29, 1.82) is 0 Å². The van der Waals surface area contributed by atoms with Crippen molar-refractivity contribution in [3.63, 3.8) is 0 Å². The van der Waals surface area contributed by atoms with Gasteiger partial charge in [-0.2, -0.15) is 0 Å². The second kappa shape index (κ2) is 6.56. The van der Waals surface area contributed by atoms with Crippen LogP contribution in [0.5, 0.6) is 0 Å². The van der Waals surface area contributed by atoms with E-state index in [1.807, 2.05) is 17.2 Å². The Kier molecular flexibility index (Phi) is 4.70. The summed E-state index contributed by atoms with van der Waals surface area (Å²) in [7, 11) is 0. The first-order valence-corrected chi connectivity index (χ1v) is 8.99. The number of thioether (sulfide) groups is 1. The Labute approximate surface area is 135 Å². The maximum Gasteiger partial charge on any atom is 0.256 e. The molecule has 1 spiro atoms. The van der Waals surface area contributed by atoms with Crippen molar-refractivity contribution in [2.24, 2.45) is 0 Å². The summed E-state index contributed by atoms with van der Waals surface area (Å²) in [5.74, 6) is 0.0256. The summed E-state index contributed by atoms with van der Waals surface area (Å²) in [6, 6.07) is 3.63. The monoisotopic (exact) mass is 322 g/mol. The van der Waals surface area contributed by atoms with Crippen molar-refractivity contribution in [2.45, 2.75) is 42.4 Å². The fourth-order valence-corrected chi connectivity index (χ4v) is 3.91. The summed E-state index contributed by atoms with van der Waals surface area (Å²) in [4.78, 5) is 18.8. The number of piperidine rings is 1. The first-order valence-electron chi connectivity index (χ1n) is 7.76. The maximum absolute atomic E-state index is 12.7. The molecular weight excluding hydrogens is 300 g/mol. The van der Waals surface area contributed by atoms with E-state index in [4.69, 9.17) is 4.74 Å². The Morgan fingerprint density at radius 1 is 1.50 bits per heavy atom. The lowest BCUT2D eigenvalue weighted by Gasteiger charge is -2.46. The number of carbonyl (C=O) groups is 1. The highest BCUT2D eigenvalue weighted by atomic mass is 32.2. The number of aromatic nitrogens is 1. The van der Waals surface area contributed by atoms with Crippen LogP contribution < -0.4 is 0 Å². The summed E-state index contributed by atoms with van der Waals surface area (Å²) >= 11 is 1.49. The van der Waals surface area contributed by atoms with Crippen molar-refractivity contribution in [3.05, 3.63) is 23.9 Å². The number of carbonyl (C=O) groups excluding carboxylic acids is 1. The van der Waals surface area contributed by atoms with Gasteiger partial charge in [-0.15, -0.1) is 11.8 Å². The molecule has 1 aromatic heterocycles. The SMILES string of the molecule is CSc1ncccc1C(=O)N1CCC2(CC1)OCCC[C@H]2O. The molecule has 2 aliphatic rings.